The van der Waals surface area contributed by atoms with Crippen molar-refractivity contribution in [3.8, 4) is 34.2 Å². The van der Waals surface area contributed by atoms with Gasteiger partial charge in [0.15, 0.2) is 17.5 Å². The zero-order chi connectivity index (χ0) is 33.0. The first kappa shape index (κ1) is 28.7. The van der Waals surface area contributed by atoms with Gasteiger partial charge in [-0.15, -0.1) is 0 Å². The number of hydrogen-bond donors (Lipinski definition) is 0. The number of allylic oxidation sites excluding steroid dienone is 5. The predicted octanol–water partition coefficient (Wildman–Crippen LogP) is 10.9. The molecule has 0 amide bonds. The second-order valence-corrected chi connectivity index (χ2v) is 13.1. The third-order valence-electron chi connectivity index (χ3n) is 10.1. The van der Waals surface area contributed by atoms with Crippen molar-refractivity contribution in [2.75, 3.05) is 0 Å². The van der Waals surface area contributed by atoms with Crippen LogP contribution in [0.5, 0.6) is 0 Å². The number of aromatic nitrogens is 5. The first-order valence-electron chi connectivity index (χ1n) is 17.4. The number of rotatable bonds is 5. The van der Waals surface area contributed by atoms with Crippen LogP contribution >= 0.6 is 0 Å². The molecule has 238 valence electrons. The van der Waals surface area contributed by atoms with E-state index in [0.717, 1.165) is 48.1 Å². The number of aryl methyl sites for hydroxylation is 1. The predicted molar refractivity (Wildman–Crippen MR) is 206 cm³/mol. The summed E-state index contributed by atoms with van der Waals surface area (Å²) in [6, 6.07) is 43.2. The fourth-order valence-electron chi connectivity index (χ4n) is 7.73. The topological polar surface area (TPSA) is 48.5 Å². The summed E-state index contributed by atoms with van der Waals surface area (Å²) in [5, 5.41) is 3.82. The lowest BCUT2D eigenvalue weighted by molar-refractivity contribution is 0.968. The fraction of sp³-hybridized carbons (Fsp3) is 0.0889. The minimum atomic E-state index is 0.670. The smallest absolute Gasteiger partial charge is 0.164 e. The Kier molecular flexibility index (Phi) is 6.69. The monoisotopic (exact) mass is 643 g/mol. The zero-order valence-corrected chi connectivity index (χ0v) is 27.5. The van der Waals surface area contributed by atoms with Crippen molar-refractivity contribution in [2.24, 2.45) is 0 Å². The molecule has 3 heterocycles. The summed E-state index contributed by atoms with van der Waals surface area (Å²) in [6.45, 7) is 0. The Bertz CT molecular complexity index is 2690. The molecule has 0 saturated carbocycles. The van der Waals surface area contributed by atoms with E-state index >= 15 is 0 Å². The maximum atomic E-state index is 4.98. The highest BCUT2D eigenvalue weighted by atomic mass is 15.0. The number of benzene rings is 5. The summed E-state index contributed by atoms with van der Waals surface area (Å²) in [4.78, 5) is 14.8. The molecule has 0 spiro atoms. The lowest BCUT2D eigenvalue weighted by Crippen LogP contribution is -2.03. The van der Waals surface area contributed by atoms with Gasteiger partial charge < -0.3 is 9.13 Å². The lowest BCUT2D eigenvalue weighted by Gasteiger charge is -2.13. The number of para-hydroxylation sites is 2. The van der Waals surface area contributed by atoms with Crippen LogP contribution in [0.4, 0.5) is 0 Å². The molecule has 5 aromatic carbocycles. The van der Waals surface area contributed by atoms with Gasteiger partial charge in [-0.2, -0.15) is 0 Å². The molecule has 0 unspecified atom stereocenters. The van der Waals surface area contributed by atoms with E-state index in [1.165, 1.54) is 49.7 Å². The Morgan fingerprint density at radius 3 is 1.88 bits per heavy atom. The van der Waals surface area contributed by atoms with Gasteiger partial charge in [-0.05, 0) is 91.9 Å². The molecule has 0 saturated heterocycles. The molecule has 0 fully saturated rings. The summed E-state index contributed by atoms with van der Waals surface area (Å²) in [6.07, 6.45) is 15.3. The van der Waals surface area contributed by atoms with Gasteiger partial charge in [-0.3, -0.25) is 0 Å². The van der Waals surface area contributed by atoms with E-state index in [9.17, 15) is 0 Å². The van der Waals surface area contributed by atoms with Crippen molar-refractivity contribution in [1.29, 1.82) is 0 Å². The Hall–Kier alpha value is -6.33. The minimum Gasteiger partial charge on any atom is -0.310 e. The van der Waals surface area contributed by atoms with Crippen molar-refractivity contribution in [3.63, 3.8) is 0 Å². The third-order valence-corrected chi connectivity index (χ3v) is 10.1. The molecule has 2 aliphatic rings. The molecular formula is C45H33N5. The van der Waals surface area contributed by atoms with Gasteiger partial charge in [0.05, 0.1) is 16.6 Å². The molecule has 2 aliphatic carbocycles. The summed E-state index contributed by atoms with van der Waals surface area (Å²) < 4.78 is 4.81. The van der Waals surface area contributed by atoms with Crippen LogP contribution in [0, 0.1) is 0 Å². The van der Waals surface area contributed by atoms with E-state index in [1.54, 1.807) is 0 Å². The standard InChI is InChI=1S/C45H33N5/c1-3-13-30(14-4-1)43-46-44(31-15-5-2-6-16-31)48-45(47-43)32-23-25-33(26-24-32)49-41-22-12-9-19-37(41)38-29-34(27-28-42(38)49)50-39-20-10-7-17-35(39)36-18-8-11-21-40(36)50/h1,3-5,7,9-17,19-29H,2,6,8,18H2. The molecule has 0 N–H and O–H groups in total. The second-order valence-electron chi connectivity index (χ2n) is 13.1. The van der Waals surface area contributed by atoms with E-state index in [0.29, 0.717) is 17.5 Å². The summed E-state index contributed by atoms with van der Waals surface area (Å²) in [5.41, 5.74) is 11.6. The van der Waals surface area contributed by atoms with E-state index in [4.69, 9.17) is 15.0 Å². The van der Waals surface area contributed by atoms with Crippen molar-refractivity contribution in [3.05, 3.63) is 163 Å². The maximum absolute atomic E-state index is 4.98. The van der Waals surface area contributed by atoms with Crippen LogP contribution < -0.4 is 0 Å². The lowest BCUT2D eigenvalue weighted by atomic mass is 10.0. The Morgan fingerprint density at radius 2 is 1.10 bits per heavy atom. The fourth-order valence-corrected chi connectivity index (χ4v) is 7.73. The minimum absolute atomic E-state index is 0.670. The third kappa shape index (κ3) is 4.66. The molecule has 0 atom stereocenters. The second kappa shape index (κ2) is 11.7. The van der Waals surface area contributed by atoms with Crippen LogP contribution in [0.1, 0.15) is 36.3 Å². The normalized spacial score (nSPS) is 14.0. The highest BCUT2D eigenvalue weighted by molar-refractivity contribution is 6.10. The van der Waals surface area contributed by atoms with Crippen LogP contribution in [-0.4, -0.2) is 24.1 Å². The number of fused-ring (bicyclic) bond motifs is 6. The van der Waals surface area contributed by atoms with Crippen molar-refractivity contribution < 1.29 is 0 Å². The molecule has 8 aromatic rings. The highest BCUT2D eigenvalue weighted by Crippen LogP contribution is 2.38. The molecule has 0 radical (unpaired) electrons. The first-order valence-corrected chi connectivity index (χ1v) is 17.4. The quantitative estimate of drug-likeness (QED) is 0.187. The maximum Gasteiger partial charge on any atom is 0.164 e. The largest absolute Gasteiger partial charge is 0.310 e. The molecule has 0 bridgehead atoms. The Morgan fingerprint density at radius 1 is 0.460 bits per heavy atom. The van der Waals surface area contributed by atoms with Crippen molar-refractivity contribution in [2.45, 2.75) is 25.7 Å². The van der Waals surface area contributed by atoms with Gasteiger partial charge in [-0.1, -0.05) is 91.0 Å². The highest BCUT2D eigenvalue weighted by Gasteiger charge is 2.20. The Labute approximate surface area is 290 Å². The molecule has 5 heteroatoms. The Balaban J connectivity index is 1.09. The van der Waals surface area contributed by atoms with Gasteiger partial charge in [0.2, 0.25) is 0 Å². The van der Waals surface area contributed by atoms with Crippen molar-refractivity contribution >= 4 is 44.4 Å². The van der Waals surface area contributed by atoms with Gasteiger partial charge in [0, 0.05) is 49.9 Å². The SMILES string of the molecule is C1=CC(c2nc(-c3ccccc3)nc(-c3ccc(-n4c5ccccc5c5cc(-n6c7c(c8ccccc86)CCC=C7)ccc54)cc3)n2)=CCC1. The average molecular weight is 644 g/mol. The van der Waals surface area contributed by atoms with Crippen LogP contribution in [0.25, 0.3) is 78.5 Å². The molecular weight excluding hydrogens is 611 g/mol. The molecule has 5 nitrogen and oxygen atoms in total. The van der Waals surface area contributed by atoms with E-state index < -0.39 is 0 Å². The van der Waals surface area contributed by atoms with Crippen LogP contribution in [0.3, 0.4) is 0 Å². The molecule has 50 heavy (non-hydrogen) atoms. The molecule has 0 aliphatic heterocycles. The number of hydrogen-bond acceptors (Lipinski definition) is 3. The van der Waals surface area contributed by atoms with Gasteiger partial charge >= 0.3 is 0 Å². The van der Waals surface area contributed by atoms with Gasteiger partial charge in [0.25, 0.3) is 0 Å². The van der Waals surface area contributed by atoms with Crippen LogP contribution in [0.2, 0.25) is 0 Å². The van der Waals surface area contributed by atoms with Gasteiger partial charge in [0.1, 0.15) is 0 Å². The number of nitrogens with zero attached hydrogens (tertiary/aromatic N) is 5. The first-order chi connectivity index (χ1) is 24.8. The van der Waals surface area contributed by atoms with Crippen LogP contribution in [0.15, 0.2) is 146 Å². The molecule has 3 aromatic heterocycles. The summed E-state index contributed by atoms with van der Waals surface area (Å²) in [5.74, 6) is 2.06. The average Bonchev–Trinajstić information content (AvgIpc) is 3.71. The van der Waals surface area contributed by atoms with Gasteiger partial charge in [-0.25, -0.2) is 15.0 Å². The van der Waals surface area contributed by atoms with Crippen LogP contribution in [-0.2, 0) is 6.42 Å². The van der Waals surface area contributed by atoms with E-state index in [2.05, 4.69) is 143 Å². The molecule has 10 rings (SSSR count). The summed E-state index contributed by atoms with van der Waals surface area (Å²) in [7, 11) is 0. The van der Waals surface area contributed by atoms with E-state index in [-0.39, 0.29) is 0 Å². The summed E-state index contributed by atoms with van der Waals surface area (Å²) >= 11 is 0. The van der Waals surface area contributed by atoms with Crippen molar-refractivity contribution in [1.82, 2.24) is 24.1 Å². The zero-order valence-electron chi connectivity index (χ0n) is 27.5. The van der Waals surface area contributed by atoms with E-state index in [1.807, 2.05) is 18.2 Å².